The molecule has 3 aromatic rings. The molecule has 0 radical (unpaired) electrons. The fourth-order valence-electron chi connectivity index (χ4n) is 3.61. The number of aromatic nitrogens is 3. The van der Waals surface area contributed by atoms with Crippen LogP contribution in [0.1, 0.15) is 17.2 Å². The van der Waals surface area contributed by atoms with Gasteiger partial charge in [0.1, 0.15) is 5.82 Å². The van der Waals surface area contributed by atoms with Crippen LogP contribution in [0.15, 0.2) is 61.1 Å². The summed E-state index contributed by atoms with van der Waals surface area (Å²) in [5.41, 5.74) is -0.0638. The highest BCUT2D eigenvalue weighted by atomic mass is 35.5. The zero-order chi connectivity index (χ0) is 22.0. The minimum absolute atomic E-state index is 0.0618. The number of benzene rings is 1. The fraction of sp³-hybridized carbons (Fsp3) is 0.286. The minimum atomic E-state index is -4.50. The lowest BCUT2D eigenvalue weighted by Crippen LogP contribution is -2.51. The predicted octanol–water partition coefficient (Wildman–Crippen LogP) is 3.89. The monoisotopic (exact) mass is 449 g/mol. The highest BCUT2D eigenvalue weighted by Gasteiger charge is 2.33. The first-order valence-corrected chi connectivity index (χ1v) is 10.0. The molecule has 3 heterocycles. The number of carbonyl (C=O) groups excluding carboxylic acids is 1. The van der Waals surface area contributed by atoms with E-state index in [1.807, 2.05) is 30.3 Å². The normalized spacial score (nSPS) is 15.7. The van der Waals surface area contributed by atoms with Crippen LogP contribution in [0.25, 0.3) is 0 Å². The number of pyridine rings is 1. The van der Waals surface area contributed by atoms with Gasteiger partial charge in [0.25, 0.3) is 5.91 Å². The summed E-state index contributed by atoms with van der Waals surface area (Å²) in [6.45, 7) is 1.60. The van der Waals surface area contributed by atoms with Crippen LogP contribution in [0.2, 0.25) is 5.02 Å². The van der Waals surface area contributed by atoms with E-state index in [1.165, 1.54) is 0 Å². The lowest BCUT2D eigenvalue weighted by atomic mass is 10.1. The third kappa shape index (κ3) is 4.51. The summed E-state index contributed by atoms with van der Waals surface area (Å²) in [5, 5.41) is 4.19. The van der Waals surface area contributed by atoms with Crippen molar-refractivity contribution in [1.29, 1.82) is 0 Å². The van der Waals surface area contributed by atoms with Crippen molar-refractivity contribution in [1.82, 2.24) is 19.7 Å². The van der Waals surface area contributed by atoms with Crippen molar-refractivity contribution in [2.24, 2.45) is 0 Å². The second-order valence-corrected chi connectivity index (χ2v) is 7.55. The number of hydrogen-bond acceptors (Lipinski definition) is 4. The van der Waals surface area contributed by atoms with E-state index in [1.54, 1.807) is 32.9 Å². The third-order valence-electron chi connectivity index (χ3n) is 5.18. The van der Waals surface area contributed by atoms with Crippen molar-refractivity contribution in [2.75, 3.05) is 31.1 Å². The standard InChI is InChI=1S/C21H19ClF3N5O/c22-17-13-16(21(23,24)25)14-26-19(17)28-9-11-29(12-10-28)20(31)18(30-8-4-7-27-30)15-5-2-1-3-6-15/h1-8,13-14,18H,9-12H2. The molecule has 1 amide bonds. The van der Waals surface area contributed by atoms with Gasteiger partial charge in [-0.3, -0.25) is 9.48 Å². The van der Waals surface area contributed by atoms with E-state index < -0.39 is 17.8 Å². The summed E-state index contributed by atoms with van der Waals surface area (Å²) in [4.78, 5) is 20.8. The largest absolute Gasteiger partial charge is 0.417 e. The van der Waals surface area contributed by atoms with Gasteiger partial charge in [0.15, 0.2) is 6.04 Å². The first kappa shape index (κ1) is 21.2. The van der Waals surface area contributed by atoms with Gasteiger partial charge in [-0.25, -0.2) is 4.98 Å². The Morgan fingerprint density at radius 2 is 1.77 bits per heavy atom. The molecule has 1 aliphatic rings. The van der Waals surface area contributed by atoms with Gasteiger partial charge in [-0.05, 0) is 17.7 Å². The van der Waals surface area contributed by atoms with E-state index >= 15 is 0 Å². The first-order chi connectivity index (χ1) is 14.8. The lowest BCUT2D eigenvalue weighted by Gasteiger charge is -2.37. The van der Waals surface area contributed by atoms with Crippen molar-refractivity contribution in [2.45, 2.75) is 12.2 Å². The quantitative estimate of drug-likeness (QED) is 0.606. The van der Waals surface area contributed by atoms with Gasteiger partial charge >= 0.3 is 6.18 Å². The van der Waals surface area contributed by atoms with E-state index in [9.17, 15) is 18.0 Å². The van der Waals surface area contributed by atoms with Crippen LogP contribution in [0, 0.1) is 0 Å². The van der Waals surface area contributed by atoms with E-state index in [4.69, 9.17) is 11.6 Å². The maximum absolute atomic E-state index is 13.3. The lowest BCUT2D eigenvalue weighted by molar-refractivity contribution is -0.138. The molecule has 162 valence electrons. The Balaban J connectivity index is 1.48. The summed E-state index contributed by atoms with van der Waals surface area (Å²) < 4.78 is 40.2. The SMILES string of the molecule is O=C(C(c1ccccc1)n1cccn1)N1CCN(c2ncc(C(F)(F)F)cc2Cl)CC1. The van der Waals surface area contributed by atoms with Crippen LogP contribution in [-0.4, -0.2) is 51.8 Å². The van der Waals surface area contributed by atoms with Gasteiger partial charge < -0.3 is 9.80 Å². The molecule has 1 unspecified atom stereocenters. The van der Waals surface area contributed by atoms with Crippen LogP contribution in [-0.2, 0) is 11.0 Å². The van der Waals surface area contributed by atoms with Gasteiger partial charge in [-0.15, -0.1) is 0 Å². The molecule has 0 spiro atoms. The number of piperazine rings is 1. The van der Waals surface area contributed by atoms with Crippen molar-refractivity contribution in [3.8, 4) is 0 Å². The Hall–Kier alpha value is -3.07. The van der Waals surface area contributed by atoms with Crippen molar-refractivity contribution in [3.05, 3.63) is 77.2 Å². The van der Waals surface area contributed by atoms with Crippen LogP contribution >= 0.6 is 11.6 Å². The van der Waals surface area contributed by atoms with Crippen LogP contribution in [0.5, 0.6) is 0 Å². The molecule has 0 N–H and O–H groups in total. The highest BCUT2D eigenvalue weighted by Crippen LogP contribution is 2.34. The molecular weight excluding hydrogens is 431 g/mol. The number of carbonyl (C=O) groups is 1. The molecule has 4 rings (SSSR count). The van der Waals surface area contributed by atoms with Crippen molar-refractivity contribution >= 4 is 23.3 Å². The predicted molar refractivity (Wildman–Crippen MR) is 110 cm³/mol. The van der Waals surface area contributed by atoms with E-state index in [-0.39, 0.29) is 16.7 Å². The summed E-state index contributed by atoms with van der Waals surface area (Å²) in [5.74, 6) is 0.189. The number of alkyl halides is 3. The second kappa shape index (κ2) is 8.58. The van der Waals surface area contributed by atoms with Gasteiger partial charge in [0, 0.05) is 44.8 Å². The number of amides is 1. The maximum atomic E-state index is 13.3. The minimum Gasteiger partial charge on any atom is -0.352 e. The molecule has 2 aromatic heterocycles. The van der Waals surface area contributed by atoms with Gasteiger partial charge in [0.05, 0.1) is 10.6 Å². The second-order valence-electron chi connectivity index (χ2n) is 7.14. The molecule has 1 aliphatic heterocycles. The van der Waals surface area contributed by atoms with Crippen molar-refractivity contribution < 1.29 is 18.0 Å². The average Bonchev–Trinajstić information content (AvgIpc) is 3.28. The molecule has 31 heavy (non-hydrogen) atoms. The molecule has 1 aromatic carbocycles. The molecular formula is C21H19ClF3N5O. The van der Waals surface area contributed by atoms with E-state index in [2.05, 4.69) is 10.1 Å². The fourth-order valence-corrected chi connectivity index (χ4v) is 3.89. The Morgan fingerprint density at radius 1 is 1.06 bits per heavy atom. The topological polar surface area (TPSA) is 54.3 Å². The number of anilines is 1. The Kier molecular flexibility index (Phi) is 5.86. The van der Waals surface area contributed by atoms with E-state index in [0.29, 0.717) is 26.2 Å². The summed E-state index contributed by atoms with van der Waals surface area (Å²) in [6, 6.07) is 11.4. The number of nitrogens with zero attached hydrogens (tertiary/aromatic N) is 5. The average molecular weight is 450 g/mol. The molecule has 1 atom stereocenters. The molecule has 1 saturated heterocycles. The Labute approximate surface area is 181 Å². The van der Waals surface area contributed by atoms with Gasteiger partial charge in [0.2, 0.25) is 0 Å². The molecule has 0 aliphatic carbocycles. The molecule has 10 heteroatoms. The van der Waals surface area contributed by atoms with Crippen molar-refractivity contribution in [3.63, 3.8) is 0 Å². The summed E-state index contributed by atoms with van der Waals surface area (Å²) >= 11 is 6.07. The number of rotatable bonds is 4. The van der Waals surface area contributed by atoms with E-state index in [0.717, 1.165) is 17.8 Å². The Morgan fingerprint density at radius 3 is 2.35 bits per heavy atom. The zero-order valence-electron chi connectivity index (χ0n) is 16.3. The van der Waals surface area contributed by atoms with Crippen LogP contribution < -0.4 is 4.90 Å². The molecule has 6 nitrogen and oxygen atoms in total. The zero-order valence-corrected chi connectivity index (χ0v) is 17.1. The van der Waals surface area contributed by atoms with Crippen LogP contribution in [0.3, 0.4) is 0 Å². The van der Waals surface area contributed by atoms with Gasteiger partial charge in [-0.1, -0.05) is 41.9 Å². The van der Waals surface area contributed by atoms with Crippen LogP contribution in [0.4, 0.5) is 19.0 Å². The number of hydrogen-bond donors (Lipinski definition) is 0. The highest BCUT2D eigenvalue weighted by molar-refractivity contribution is 6.33. The number of halogens is 4. The first-order valence-electron chi connectivity index (χ1n) is 9.65. The summed E-state index contributed by atoms with van der Waals surface area (Å²) in [7, 11) is 0. The maximum Gasteiger partial charge on any atom is 0.417 e. The third-order valence-corrected chi connectivity index (χ3v) is 5.46. The molecule has 1 fully saturated rings. The van der Waals surface area contributed by atoms with Gasteiger partial charge in [-0.2, -0.15) is 18.3 Å². The smallest absolute Gasteiger partial charge is 0.352 e. The Bertz CT molecular complexity index is 1030. The summed E-state index contributed by atoms with van der Waals surface area (Å²) in [6.07, 6.45) is -0.349. The molecule has 0 saturated carbocycles. The molecule has 0 bridgehead atoms.